The van der Waals surface area contributed by atoms with Crippen LogP contribution in [0.3, 0.4) is 0 Å². The minimum Gasteiger partial charge on any atom is -0.299 e. The van der Waals surface area contributed by atoms with Gasteiger partial charge in [0.25, 0.3) is 0 Å². The maximum absolute atomic E-state index is 11.7. The lowest BCUT2D eigenvalue weighted by Gasteiger charge is -2.18. The molecule has 0 aromatic rings. The molecular weight excluding hydrogens is 287 g/mol. The van der Waals surface area contributed by atoms with Crippen LogP contribution < -0.4 is 0 Å². The van der Waals surface area contributed by atoms with Crippen molar-refractivity contribution in [2.75, 3.05) is 0 Å². The molecular formula is C12H23IO. The van der Waals surface area contributed by atoms with E-state index in [0.29, 0.717) is 9.71 Å². The normalized spacial score (nSPS) is 14.1. The van der Waals surface area contributed by atoms with Crippen LogP contribution in [0.2, 0.25) is 0 Å². The summed E-state index contributed by atoms with van der Waals surface area (Å²) < 4.78 is 0.533. The number of hydrogen-bond donors (Lipinski definition) is 0. The van der Waals surface area contributed by atoms with Gasteiger partial charge in [-0.25, -0.2) is 0 Å². The van der Waals surface area contributed by atoms with Gasteiger partial charge in [-0.15, -0.1) is 0 Å². The summed E-state index contributed by atoms with van der Waals surface area (Å²) in [5.74, 6) is 0.397. The first kappa shape index (κ1) is 14.4. The van der Waals surface area contributed by atoms with Crippen molar-refractivity contribution in [3.63, 3.8) is 0 Å². The zero-order chi connectivity index (χ0) is 11.2. The second-order valence-electron chi connectivity index (χ2n) is 4.97. The van der Waals surface area contributed by atoms with Gasteiger partial charge in [0.05, 0.1) is 0 Å². The van der Waals surface area contributed by atoms with Crippen molar-refractivity contribution < 1.29 is 4.79 Å². The zero-order valence-electron chi connectivity index (χ0n) is 9.90. The standard InChI is InChI=1S/C12H23IO/c1-5-6-7-8-10(13)9-11(14)12(2,3)4/h10H,5-9H2,1-4H3. The van der Waals surface area contributed by atoms with Crippen LogP contribution in [0.1, 0.15) is 59.8 Å². The molecule has 0 spiro atoms. The minimum atomic E-state index is -0.159. The van der Waals surface area contributed by atoms with Crippen LogP contribution in [-0.2, 0) is 4.79 Å². The first-order valence-electron chi connectivity index (χ1n) is 5.55. The molecule has 84 valence electrons. The Morgan fingerprint density at radius 3 is 2.29 bits per heavy atom. The van der Waals surface area contributed by atoms with E-state index in [1.165, 1.54) is 25.7 Å². The molecule has 1 unspecified atom stereocenters. The van der Waals surface area contributed by atoms with Crippen LogP contribution in [0.4, 0.5) is 0 Å². The highest BCUT2D eigenvalue weighted by Gasteiger charge is 2.23. The van der Waals surface area contributed by atoms with Crippen LogP contribution in [-0.4, -0.2) is 9.71 Å². The molecule has 14 heavy (non-hydrogen) atoms. The van der Waals surface area contributed by atoms with E-state index in [1.54, 1.807) is 0 Å². The van der Waals surface area contributed by atoms with E-state index in [-0.39, 0.29) is 5.41 Å². The molecule has 0 amide bonds. The third kappa shape index (κ3) is 6.80. The third-order valence-corrected chi connectivity index (χ3v) is 3.43. The van der Waals surface area contributed by atoms with Crippen LogP contribution in [0, 0.1) is 5.41 Å². The summed E-state index contributed by atoms with van der Waals surface area (Å²) in [6.07, 6.45) is 5.76. The SMILES string of the molecule is CCCCCC(I)CC(=O)C(C)(C)C. The fourth-order valence-corrected chi connectivity index (χ4v) is 2.07. The number of Topliss-reactive ketones (excluding diaryl/α,β-unsaturated/α-hetero) is 1. The zero-order valence-corrected chi connectivity index (χ0v) is 12.1. The van der Waals surface area contributed by atoms with Gasteiger partial charge in [-0.2, -0.15) is 0 Å². The van der Waals surface area contributed by atoms with Crippen molar-refractivity contribution in [1.29, 1.82) is 0 Å². The van der Waals surface area contributed by atoms with Crippen molar-refractivity contribution in [3.8, 4) is 0 Å². The molecule has 0 rings (SSSR count). The lowest BCUT2D eigenvalue weighted by Crippen LogP contribution is -2.22. The molecule has 0 bridgehead atoms. The van der Waals surface area contributed by atoms with Gasteiger partial charge in [-0.1, -0.05) is 69.5 Å². The van der Waals surface area contributed by atoms with E-state index in [1.807, 2.05) is 20.8 Å². The number of carbonyl (C=O) groups is 1. The predicted octanol–water partition coefficient (Wildman–Crippen LogP) is 4.38. The Hall–Kier alpha value is 0.400. The topological polar surface area (TPSA) is 17.1 Å². The van der Waals surface area contributed by atoms with Crippen molar-refractivity contribution in [2.24, 2.45) is 5.41 Å². The molecule has 0 heterocycles. The molecule has 1 atom stereocenters. The molecule has 0 aliphatic carbocycles. The van der Waals surface area contributed by atoms with Crippen molar-refractivity contribution in [3.05, 3.63) is 0 Å². The average molecular weight is 310 g/mol. The first-order valence-corrected chi connectivity index (χ1v) is 6.80. The second-order valence-corrected chi connectivity index (χ2v) is 6.73. The third-order valence-electron chi connectivity index (χ3n) is 2.36. The first-order chi connectivity index (χ1) is 6.38. The van der Waals surface area contributed by atoms with E-state index < -0.39 is 0 Å². The Balaban J connectivity index is 3.72. The Bertz CT molecular complexity index is 170. The Morgan fingerprint density at radius 1 is 1.29 bits per heavy atom. The molecule has 0 aromatic carbocycles. The number of rotatable bonds is 6. The summed E-state index contributed by atoms with van der Waals surface area (Å²) in [5.41, 5.74) is -0.159. The number of hydrogen-bond acceptors (Lipinski definition) is 1. The summed E-state index contributed by atoms with van der Waals surface area (Å²) in [6.45, 7) is 8.22. The van der Waals surface area contributed by atoms with E-state index in [9.17, 15) is 4.79 Å². The van der Waals surface area contributed by atoms with Gasteiger partial charge in [0.15, 0.2) is 0 Å². The number of halogens is 1. The Kier molecular flexibility index (Phi) is 7.00. The monoisotopic (exact) mass is 310 g/mol. The molecule has 2 heteroatoms. The molecule has 0 radical (unpaired) electrons. The van der Waals surface area contributed by atoms with Crippen molar-refractivity contribution >= 4 is 28.4 Å². The second kappa shape index (κ2) is 6.81. The maximum atomic E-state index is 11.7. The molecule has 0 aliphatic rings. The lowest BCUT2D eigenvalue weighted by atomic mass is 9.88. The maximum Gasteiger partial charge on any atom is 0.139 e. The van der Waals surface area contributed by atoms with Gasteiger partial charge >= 0.3 is 0 Å². The van der Waals surface area contributed by atoms with E-state index in [2.05, 4.69) is 29.5 Å². The van der Waals surface area contributed by atoms with E-state index >= 15 is 0 Å². The van der Waals surface area contributed by atoms with Crippen molar-refractivity contribution in [2.45, 2.75) is 63.7 Å². The van der Waals surface area contributed by atoms with Gasteiger partial charge in [0.2, 0.25) is 0 Å². The van der Waals surface area contributed by atoms with Gasteiger partial charge in [0, 0.05) is 15.8 Å². The van der Waals surface area contributed by atoms with E-state index in [4.69, 9.17) is 0 Å². The molecule has 0 aromatic heterocycles. The quantitative estimate of drug-likeness (QED) is 0.404. The highest BCUT2D eigenvalue weighted by molar-refractivity contribution is 14.1. The Labute approximate surface area is 102 Å². The summed E-state index contributed by atoms with van der Waals surface area (Å²) >= 11 is 2.42. The number of unbranched alkanes of at least 4 members (excludes halogenated alkanes) is 2. The largest absolute Gasteiger partial charge is 0.299 e. The molecule has 1 nitrogen and oxygen atoms in total. The van der Waals surface area contributed by atoms with Crippen LogP contribution in [0.25, 0.3) is 0 Å². The number of alkyl halides is 1. The van der Waals surface area contributed by atoms with Crippen molar-refractivity contribution in [1.82, 2.24) is 0 Å². The van der Waals surface area contributed by atoms with Crippen LogP contribution >= 0.6 is 22.6 Å². The highest BCUT2D eigenvalue weighted by atomic mass is 127. The number of carbonyl (C=O) groups excluding carboxylic acids is 1. The minimum absolute atomic E-state index is 0.159. The van der Waals surface area contributed by atoms with Gasteiger partial charge in [-0.05, 0) is 6.42 Å². The lowest BCUT2D eigenvalue weighted by molar-refractivity contribution is -0.126. The summed E-state index contributed by atoms with van der Waals surface area (Å²) in [7, 11) is 0. The van der Waals surface area contributed by atoms with Gasteiger partial charge < -0.3 is 0 Å². The van der Waals surface area contributed by atoms with E-state index in [0.717, 1.165) is 6.42 Å². The molecule has 0 saturated carbocycles. The van der Waals surface area contributed by atoms with Gasteiger partial charge in [-0.3, -0.25) is 4.79 Å². The molecule has 0 N–H and O–H groups in total. The fourth-order valence-electron chi connectivity index (χ4n) is 1.23. The summed E-state index contributed by atoms with van der Waals surface area (Å²) in [4.78, 5) is 11.7. The van der Waals surface area contributed by atoms with Crippen LogP contribution in [0.5, 0.6) is 0 Å². The highest BCUT2D eigenvalue weighted by Crippen LogP contribution is 2.23. The molecule has 0 fully saturated rings. The fraction of sp³-hybridized carbons (Fsp3) is 0.917. The van der Waals surface area contributed by atoms with Crippen LogP contribution in [0.15, 0.2) is 0 Å². The van der Waals surface area contributed by atoms with Gasteiger partial charge in [0.1, 0.15) is 5.78 Å². The number of ketones is 1. The Morgan fingerprint density at radius 2 is 1.86 bits per heavy atom. The molecule has 0 aliphatic heterocycles. The average Bonchev–Trinajstić information content (AvgIpc) is 2.03. The smallest absolute Gasteiger partial charge is 0.139 e. The summed E-state index contributed by atoms with van der Waals surface area (Å²) in [5, 5.41) is 0. The molecule has 0 saturated heterocycles. The summed E-state index contributed by atoms with van der Waals surface area (Å²) in [6, 6.07) is 0. The predicted molar refractivity (Wildman–Crippen MR) is 71.0 cm³/mol.